The molecular weight excluding hydrogens is 244 g/mol. The molecule has 0 atom stereocenters. The Hall–Kier alpha value is -1.89. The fraction of sp³-hybridized carbons (Fsp3) is 0.583. The lowest BCUT2D eigenvalue weighted by atomic mass is 9.96. The number of nitrogens with one attached hydrogen (secondary N) is 2. The number of nitrogen functional groups attached to an aromatic ring is 1. The van der Waals surface area contributed by atoms with Crippen LogP contribution in [0.2, 0.25) is 0 Å². The number of nitrogens with two attached hydrogens (primary N) is 1. The third-order valence-electron chi connectivity index (χ3n) is 3.41. The average molecular weight is 264 g/mol. The van der Waals surface area contributed by atoms with Crippen LogP contribution in [0, 0.1) is 12.8 Å². The molecule has 0 radical (unpaired) electrons. The minimum absolute atomic E-state index is 0.108. The summed E-state index contributed by atoms with van der Waals surface area (Å²) in [7, 11) is 1.68. The fourth-order valence-corrected chi connectivity index (χ4v) is 2.36. The molecule has 0 unspecified atom stereocenters. The summed E-state index contributed by atoms with van der Waals surface area (Å²) in [5, 5.41) is 2.71. The van der Waals surface area contributed by atoms with E-state index in [2.05, 4.69) is 25.6 Å². The van der Waals surface area contributed by atoms with Gasteiger partial charge >= 0.3 is 0 Å². The van der Waals surface area contributed by atoms with Crippen molar-refractivity contribution in [3.8, 4) is 0 Å². The molecule has 1 saturated heterocycles. The van der Waals surface area contributed by atoms with Gasteiger partial charge in [-0.25, -0.2) is 15.8 Å². The van der Waals surface area contributed by atoms with Gasteiger partial charge in [0.05, 0.1) is 0 Å². The van der Waals surface area contributed by atoms with E-state index >= 15 is 0 Å². The van der Waals surface area contributed by atoms with Crippen molar-refractivity contribution in [1.29, 1.82) is 0 Å². The number of aryl methyl sites for hydroxylation is 1. The standard InChI is InChI=1S/C12H20N6O/c1-8-15-10(17-13)7-11(16-8)18-5-3-9(4-6-18)12(19)14-2/h7,9H,3-6,13H2,1-2H3,(H,14,19)(H,15,16,17). The molecule has 1 aromatic rings. The Morgan fingerprint density at radius 2 is 2.11 bits per heavy atom. The van der Waals surface area contributed by atoms with Crippen molar-refractivity contribution in [2.45, 2.75) is 19.8 Å². The van der Waals surface area contributed by atoms with Crippen LogP contribution in [0.25, 0.3) is 0 Å². The van der Waals surface area contributed by atoms with Crippen LogP contribution < -0.4 is 21.5 Å². The molecular formula is C12H20N6O. The smallest absolute Gasteiger partial charge is 0.222 e. The summed E-state index contributed by atoms with van der Waals surface area (Å²) in [4.78, 5) is 22.3. The van der Waals surface area contributed by atoms with Crippen molar-refractivity contribution in [2.75, 3.05) is 30.5 Å². The van der Waals surface area contributed by atoms with E-state index in [0.717, 1.165) is 31.7 Å². The maximum Gasteiger partial charge on any atom is 0.222 e. The molecule has 0 bridgehead atoms. The molecule has 104 valence electrons. The topological polar surface area (TPSA) is 96.2 Å². The van der Waals surface area contributed by atoms with E-state index in [4.69, 9.17) is 5.84 Å². The molecule has 4 N–H and O–H groups in total. The van der Waals surface area contributed by atoms with Crippen molar-refractivity contribution < 1.29 is 4.79 Å². The van der Waals surface area contributed by atoms with E-state index in [1.54, 1.807) is 7.05 Å². The largest absolute Gasteiger partial charge is 0.359 e. The van der Waals surface area contributed by atoms with Gasteiger partial charge in [0.2, 0.25) is 5.91 Å². The highest BCUT2D eigenvalue weighted by Crippen LogP contribution is 2.23. The van der Waals surface area contributed by atoms with E-state index in [1.165, 1.54) is 0 Å². The van der Waals surface area contributed by atoms with E-state index < -0.39 is 0 Å². The molecule has 7 nitrogen and oxygen atoms in total. The molecule has 1 aliphatic rings. The molecule has 19 heavy (non-hydrogen) atoms. The summed E-state index contributed by atoms with van der Waals surface area (Å²) >= 11 is 0. The minimum Gasteiger partial charge on any atom is -0.359 e. The van der Waals surface area contributed by atoms with Crippen LogP contribution in [0.5, 0.6) is 0 Å². The molecule has 1 aliphatic heterocycles. The summed E-state index contributed by atoms with van der Waals surface area (Å²) in [6.45, 7) is 3.47. The summed E-state index contributed by atoms with van der Waals surface area (Å²) in [6, 6.07) is 1.83. The van der Waals surface area contributed by atoms with Gasteiger partial charge in [-0.05, 0) is 19.8 Å². The second-order valence-electron chi connectivity index (χ2n) is 4.68. The van der Waals surface area contributed by atoms with Crippen LogP contribution in [-0.4, -0.2) is 36.0 Å². The van der Waals surface area contributed by atoms with Crippen molar-refractivity contribution in [3.05, 3.63) is 11.9 Å². The highest BCUT2D eigenvalue weighted by Gasteiger charge is 2.25. The maximum absolute atomic E-state index is 11.6. The molecule has 2 rings (SSSR count). The zero-order chi connectivity index (χ0) is 13.8. The lowest BCUT2D eigenvalue weighted by Crippen LogP contribution is -2.40. The van der Waals surface area contributed by atoms with Gasteiger partial charge in [0, 0.05) is 32.1 Å². The van der Waals surface area contributed by atoms with Crippen molar-refractivity contribution in [1.82, 2.24) is 15.3 Å². The van der Waals surface area contributed by atoms with Gasteiger partial charge in [0.1, 0.15) is 17.5 Å². The number of piperidine rings is 1. The second-order valence-corrected chi connectivity index (χ2v) is 4.68. The van der Waals surface area contributed by atoms with E-state index in [-0.39, 0.29) is 11.8 Å². The molecule has 2 heterocycles. The SMILES string of the molecule is CNC(=O)C1CCN(c2cc(NN)nc(C)n2)CC1. The van der Waals surface area contributed by atoms with Crippen LogP contribution in [0.4, 0.5) is 11.6 Å². The number of nitrogens with zero attached hydrogens (tertiary/aromatic N) is 3. The fourth-order valence-electron chi connectivity index (χ4n) is 2.36. The monoisotopic (exact) mass is 264 g/mol. The first-order valence-corrected chi connectivity index (χ1v) is 6.43. The number of aromatic nitrogens is 2. The van der Waals surface area contributed by atoms with Gasteiger partial charge < -0.3 is 15.6 Å². The number of hydrazine groups is 1. The summed E-state index contributed by atoms with van der Waals surface area (Å²) in [5.74, 6) is 7.76. The minimum atomic E-state index is 0.108. The first-order valence-electron chi connectivity index (χ1n) is 6.43. The molecule has 0 saturated carbocycles. The van der Waals surface area contributed by atoms with Gasteiger partial charge in [-0.1, -0.05) is 0 Å². The van der Waals surface area contributed by atoms with E-state index in [0.29, 0.717) is 11.6 Å². The number of amides is 1. The Morgan fingerprint density at radius 3 is 2.68 bits per heavy atom. The van der Waals surface area contributed by atoms with Crippen LogP contribution >= 0.6 is 0 Å². The van der Waals surface area contributed by atoms with Gasteiger partial charge in [0.15, 0.2) is 0 Å². The van der Waals surface area contributed by atoms with Gasteiger partial charge in [0.25, 0.3) is 0 Å². The normalized spacial score (nSPS) is 16.3. The zero-order valence-corrected chi connectivity index (χ0v) is 11.3. The predicted molar refractivity (Wildman–Crippen MR) is 73.6 cm³/mol. The number of carbonyl (C=O) groups excluding carboxylic acids is 1. The Kier molecular flexibility index (Phi) is 4.16. The third kappa shape index (κ3) is 3.11. The van der Waals surface area contributed by atoms with Crippen LogP contribution in [-0.2, 0) is 4.79 Å². The number of carbonyl (C=O) groups is 1. The highest BCUT2D eigenvalue weighted by atomic mass is 16.1. The third-order valence-corrected chi connectivity index (χ3v) is 3.41. The molecule has 7 heteroatoms. The zero-order valence-electron chi connectivity index (χ0n) is 11.3. The van der Waals surface area contributed by atoms with Crippen molar-refractivity contribution >= 4 is 17.5 Å². The lowest BCUT2D eigenvalue weighted by Gasteiger charge is -2.32. The van der Waals surface area contributed by atoms with Gasteiger partial charge in [-0.3, -0.25) is 4.79 Å². The second kappa shape index (κ2) is 5.83. The molecule has 0 aliphatic carbocycles. The number of rotatable bonds is 3. The van der Waals surface area contributed by atoms with Crippen LogP contribution in [0.15, 0.2) is 6.07 Å². The Labute approximate surface area is 112 Å². The van der Waals surface area contributed by atoms with Gasteiger partial charge in [-0.2, -0.15) is 0 Å². The highest BCUT2D eigenvalue weighted by molar-refractivity contribution is 5.78. The summed E-state index contributed by atoms with van der Waals surface area (Å²) in [5.41, 5.74) is 2.54. The summed E-state index contributed by atoms with van der Waals surface area (Å²) < 4.78 is 0. The van der Waals surface area contributed by atoms with Crippen LogP contribution in [0.1, 0.15) is 18.7 Å². The van der Waals surface area contributed by atoms with E-state index in [1.807, 2.05) is 13.0 Å². The molecule has 1 aromatic heterocycles. The first-order chi connectivity index (χ1) is 9.13. The molecule has 1 fully saturated rings. The van der Waals surface area contributed by atoms with Crippen molar-refractivity contribution in [3.63, 3.8) is 0 Å². The number of anilines is 2. The first kappa shape index (κ1) is 13.5. The Morgan fingerprint density at radius 1 is 1.42 bits per heavy atom. The lowest BCUT2D eigenvalue weighted by molar-refractivity contribution is -0.125. The number of hydrogen-bond acceptors (Lipinski definition) is 6. The molecule has 0 aromatic carbocycles. The quantitative estimate of drug-likeness (QED) is 0.526. The Bertz CT molecular complexity index is 456. The number of hydrogen-bond donors (Lipinski definition) is 3. The Balaban J connectivity index is 2.05. The summed E-state index contributed by atoms with van der Waals surface area (Å²) in [6.07, 6.45) is 1.68. The predicted octanol–water partition coefficient (Wildman–Crippen LogP) is 0.0330. The maximum atomic E-state index is 11.6. The van der Waals surface area contributed by atoms with Crippen LogP contribution in [0.3, 0.4) is 0 Å². The van der Waals surface area contributed by atoms with Gasteiger partial charge in [-0.15, -0.1) is 0 Å². The molecule has 1 amide bonds. The molecule has 0 spiro atoms. The average Bonchev–Trinajstić information content (AvgIpc) is 2.46. The van der Waals surface area contributed by atoms with Crippen molar-refractivity contribution in [2.24, 2.45) is 11.8 Å². The van der Waals surface area contributed by atoms with E-state index in [9.17, 15) is 4.79 Å².